The van der Waals surface area contributed by atoms with Gasteiger partial charge in [0.15, 0.2) is 5.82 Å². The van der Waals surface area contributed by atoms with E-state index in [4.69, 9.17) is 9.47 Å². The van der Waals surface area contributed by atoms with Crippen LogP contribution in [0.4, 0.5) is 0 Å². The molecule has 0 unspecified atom stereocenters. The lowest BCUT2D eigenvalue weighted by Gasteiger charge is -2.20. The smallest absolute Gasteiger partial charge is 0.244 e. The topological polar surface area (TPSA) is 91.2 Å². The Morgan fingerprint density at radius 3 is 2.64 bits per heavy atom. The predicted molar refractivity (Wildman–Crippen MR) is 106 cm³/mol. The number of ether oxygens (including phenoxy) is 2. The van der Waals surface area contributed by atoms with Crippen LogP contribution in [-0.2, 0) is 32.8 Å². The van der Waals surface area contributed by atoms with Crippen molar-refractivity contribution in [3.05, 3.63) is 41.2 Å². The summed E-state index contributed by atoms with van der Waals surface area (Å²) in [5.41, 5.74) is 1.83. The molecule has 0 aliphatic rings. The molecule has 0 spiro atoms. The third kappa shape index (κ3) is 6.38. The van der Waals surface area contributed by atoms with Gasteiger partial charge in [-0.1, -0.05) is 45.0 Å². The van der Waals surface area contributed by atoms with E-state index in [9.17, 15) is 4.79 Å². The summed E-state index contributed by atoms with van der Waals surface area (Å²) in [7, 11) is 0. The van der Waals surface area contributed by atoms with E-state index >= 15 is 0 Å². The van der Waals surface area contributed by atoms with Gasteiger partial charge in [-0.05, 0) is 35.4 Å². The third-order valence-electron chi connectivity index (χ3n) is 4.21. The van der Waals surface area contributed by atoms with E-state index < -0.39 is 6.04 Å². The van der Waals surface area contributed by atoms with Crippen LogP contribution >= 0.6 is 0 Å². The van der Waals surface area contributed by atoms with Gasteiger partial charge in [0.05, 0.1) is 19.8 Å². The van der Waals surface area contributed by atoms with Crippen LogP contribution in [0, 0.1) is 0 Å². The van der Waals surface area contributed by atoms with Gasteiger partial charge in [-0.2, -0.15) is 0 Å². The molecular formula is C20H31N5O3. The minimum Gasteiger partial charge on any atom is -0.379 e. The van der Waals surface area contributed by atoms with E-state index in [0.717, 1.165) is 11.1 Å². The fourth-order valence-corrected chi connectivity index (χ4v) is 2.68. The fraction of sp³-hybridized carbons (Fsp3) is 0.600. The Labute approximate surface area is 166 Å². The number of carbonyl (C=O) groups excluding carboxylic acids is 1. The summed E-state index contributed by atoms with van der Waals surface area (Å²) >= 11 is 0. The van der Waals surface area contributed by atoms with E-state index in [-0.39, 0.29) is 11.3 Å². The van der Waals surface area contributed by atoms with Crippen molar-refractivity contribution in [2.24, 2.45) is 0 Å². The number of nitrogens with one attached hydrogen (secondary N) is 1. The van der Waals surface area contributed by atoms with Gasteiger partial charge in [0.25, 0.3) is 0 Å². The first-order valence-electron chi connectivity index (χ1n) is 9.62. The van der Waals surface area contributed by atoms with Crippen molar-refractivity contribution in [2.75, 3.05) is 19.8 Å². The number of hydrogen-bond acceptors (Lipinski definition) is 6. The van der Waals surface area contributed by atoms with Gasteiger partial charge in [-0.25, -0.2) is 4.68 Å². The van der Waals surface area contributed by atoms with Crippen LogP contribution in [0.25, 0.3) is 0 Å². The number of carbonyl (C=O) groups is 1. The molecule has 0 saturated heterocycles. The molecule has 1 aromatic heterocycles. The van der Waals surface area contributed by atoms with Crippen molar-refractivity contribution >= 4 is 5.91 Å². The van der Waals surface area contributed by atoms with Gasteiger partial charge >= 0.3 is 0 Å². The van der Waals surface area contributed by atoms with Crippen LogP contribution in [0.1, 0.15) is 57.6 Å². The Hall–Kier alpha value is -2.32. The summed E-state index contributed by atoms with van der Waals surface area (Å²) in [5.74, 6) is 0.553. The highest BCUT2D eigenvalue weighted by molar-refractivity contribution is 5.79. The number of benzene rings is 1. The third-order valence-corrected chi connectivity index (χ3v) is 4.21. The van der Waals surface area contributed by atoms with Gasteiger partial charge in [-0.3, -0.25) is 4.79 Å². The van der Waals surface area contributed by atoms with Crippen molar-refractivity contribution in [3.63, 3.8) is 0 Å². The molecule has 0 bridgehead atoms. The predicted octanol–water partition coefficient (Wildman–Crippen LogP) is 2.40. The first kappa shape index (κ1) is 22.0. The zero-order valence-corrected chi connectivity index (χ0v) is 17.4. The maximum Gasteiger partial charge on any atom is 0.244 e. The van der Waals surface area contributed by atoms with Crippen molar-refractivity contribution in [1.82, 2.24) is 25.5 Å². The Morgan fingerprint density at radius 2 is 1.93 bits per heavy atom. The summed E-state index contributed by atoms with van der Waals surface area (Å²) in [6.07, 6.45) is 0. The second-order valence-corrected chi connectivity index (χ2v) is 7.66. The highest BCUT2D eigenvalue weighted by atomic mass is 16.5. The van der Waals surface area contributed by atoms with Crippen LogP contribution < -0.4 is 5.32 Å². The standard InChI is InChI=1S/C20H31N5O3/c1-6-27-10-11-28-14-17-9-7-8-16(12-17)13-21-18(26)15(2)25-19(20(3,4)5)22-23-24-25/h7-9,12,15H,6,10-11,13-14H2,1-5H3,(H,21,26)/t15-/m1/s1. The molecule has 8 heteroatoms. The van der Waals surface area contributed by atoms with Crippen LogP contribution in [0.2, 0.25) is 0 Å². The van der Waals surface area contributed by atoms with Crippen LogP contribution in [0.5, 0.6) is 0 Å². The minimum absolute atomic E-state index is 0.129. The van der Waals surface area contributed by atoms with E-state index in [2.05, 4.69) is 20.8 Å². The molecule has 154 valence electrons. The molecule has 1 aromatic carbocycles. The van der Waals surface area contributed by atoms with E-state index in [0.29, 0.717) is 38.8 Å². The molecular weight excluding hydrogens is 358 g/mol. The normalized spacial score (nSPS) is 12.8. The SMILES string of the molecule is CCOCCOCc1cccc(CNC(=O)[C@@H](C)n2nnnc2C(C)(C)C)c1. The summed E-state index contributed by atoms with van der Waals surface area (Å²) in [6.45, 7) is 12.6. The molecule has 0 aliphatic carbocycles. The first-order chi connectivity index (χ1) is 13.3. The first-order valence-corrected chi connectivity index (χ1v) is 9.62. The quantitative estimate of drug-likeness (QED) is 0.628. The number of tetrazole rings is 1. The van der Waals surface area contributed by atoms with Crippen LogP contribution in [-0.4, -0.2) is 45.9 Å². The molecule has 2 aromatic rings. The molecule has 0 saturated carbocycles. The molecule has 1 heterocycles. The summed E-state index contributed by atoms with van der Waals surface area (Å²) in [5, 5.41) is 14.8. The van der Waals surface area contributed by atoms with E-state index in [1.54, 1.807) is 11.6 Å². The Balaban J connectivity index is 1.89. The monoisotopic (exact) mass is 389 g/mol. The largest absolute Gasteiger partial charge is 0.379 e. The van der Waals surface area contributed by atoms with Crippen molar-refractivity contribution in [3.8, 4) is 0 Å². The number of amides is 1. The van der Waals surface area contributed by atoms with Gasteiger partial charge in [-0.15, -0.1) is 5.10 Å². The summed E-state index contributed by atoms with van der Waals surface area (Å²) in [6, 6.07) is 7.49. The Bertz CT molecular complexity index is 754. The molecule has 0 fully saturated rings. The molecule has 1 amide bonds. The Kier molecular flexibility index (Phi) is 8.07. The lowest BCUT2D eigenvalue weighted by molar-refractivity contribution is -0.124. The fourth-order valence-electron chi connectivity index (χ4n) is 2.68. The minimum atomic E-state index is -0.491. The lowest BCUT2D eigenvalue weighted by Crippen LogP contribution is -2.33. The van der Waals surface area contributed by atoms with Crippen LogP contribution in [0.15, 0.2) is 24.3 Å². The molecule has 1 N–H and O–H groups in total. The molecule has 0 aliphatic heterocycles. The van der Waals surface area contributed by atoms with Gasteiger partial charge in [0.2, 0.25) is 5.91 Å². The average Bonchev–Trinajstić information content (AvgIpc) is 3.16. The molecule has 1 atom stereocenters. The maximum atomic E-state index is 12.6. The van der Waals surface area contributed by atoms with Gasteiger partial charge < -0.3 is 14.8 Å². The number of aromatic nitrogens is 4. The number of hydrogen-bond donors (Lipinski definition) is 1. The average molecular weight is 390 g/mol. The maximum absolute atomic E-state index is 12.6. The second-order valence-electron chi connectivity index (χ2n) is 7.66. The zero-order chi connectivity index (χ0) is 20.6. The van der Waals surface area contributed by atoms with E-state index in [1.807, 2.05) is 52.0 Å². The summed E-state index contributed by atoms with van der Waals surface area (Å²) in [4.78, 5) is 12.6. The number of rotatable bonds is 10. The van der Waals surface area contributed by atoms with Crippen molar-refractivity contribution in [1.29, 1.82) is 0 Å². The Morgan fingerprint density at radius 1 is 1.21 bits per heavy atom. The molecule has 0 radical (unpaired) electrons. The summed E-state index contributed by atoms with van der Waals surface area (Å²) < 4.78 is 12.4. The van der Waals surface area contributed by atoms with Crippen molar-refractivity contribution in [2.45, 2.75) is 59.2 Å². The highest BCUT2D eigenvalue weighted by Crippen LogP contribution is 2.21. The van der Waals surface area contributed by atoms with Gasteiger partial charge in [0.1, 0.15) is 6.04 Å². The molecule has 8 nitrogen and oxygen atoms in total. The van der Waals surface area contributed by atoms with E-state index in [1.165, 1.54) is 0 Å². The number of nitrogens with zero attached hydrogens (tertiary/aromatic N) is 4. The van der Waals surface area contributed by atoms with Crippen LogP contribution in [0.3, 0.4) is 0 Å². The van der Waals surface area contributed by atoms with Gasteiger partial charge in [0, 0.05) is 18.6 Å². The second kappa shape index (κ2) is 10.3. The highest BCUT2D eigenvalue weighted by Gasteiger charge is 2.27. The zero-order valence-electron chi connectivity index (χ0n) is 17.4. The molecule has 2 rings (SSSR count). The lowest BCUT2D eigenvalue weighted by atomic mass is 9.95. The van der Waals surface area contributed by atoms with Crippen molar-refractivity contribution < 1.29 is 14.3 Å². The molecule has 28 heavy (non-hydrogen) atoms.